The topological polar surface area (TPSA) is 97.3 Å². The van der Waals surface area contributed by atoms with E-state index in [1.54, 1.807) is 18.2 Å². The monoisotopic (exact) mass is 429 g/mol. The number of nitriles is 1. The number of rotatable bonds is 5. The zero-order chi connectivity index (χ0) is 21.5. The van der Waals surface area contributed by atoms with E-state index in [9.17, 15) is 14.0 Å². The van der Waals surface area contributed by atoms with Crippen molar-refractivity contribution in [2.75, 3.05) is 30.3 Å². The molecule has 0 spiro atoms. The van der Waals surface area contributed by atoms with Gasteiger partial charge in [-0.05, 0) is 55.3 Å². The Kier molecular flexibility index (Phi) is 7.22. The second-order valence-electron chi connectivity index (χ2n) is 7.01. The number of piperidine rings is 1. The molecule has 0 bridgehead atoms. The summed E-state index contributed by atoms with van der Waals surface area (Å²) in [4.78, 5) is 26.4. The predicted octanol–water partition coefficient (Wildman–Crippen LogP) is 3.58. The highest BCUT2D eigenvalue weighted by molar-refractivity contribution is 6.31. The number of carbonyl (C=O) groups excluding carboxylic acids is 2. The molecule has 156 valence electrons. The zero-order valence-corrected chi connectivity index (χ0v) is 16.9. The van der Waals surface area contributed by atoms with E-state index in [-0.39, 0.29) is 30.3 Å². The molecule has 0 radical (unpaired) electrons. The normalized spacial score (nSPS) is 14.6. The summed E-state index contributed by atoms with van der Waals surface area (Å²) in [6.45, 7) is 1.48. The number of likely N-dealkylation sites (tertiary alicyclic amines) is 1. The molecule has 0 unspecified atom stereocenters. The third-order valence-corrected chi connectivity index (χ3v) is 5.00. The van der Waals surface area contributed by atoms with Gasteiger partial charge in [0.05, 0.1) is 17.8 Å². The first kappa shape index (κ1) is 21.6. The molecule has 1 aliphatic rings. The summed E-state index contributed by atoms with van der Waals surface area (Å²) in [6, 6.07) is 11.9. The van der Waals surface area contributed by atoms with E-state index < -0.39 is 0 Å². The average molecular weight is 430 g/mol. The van der Waals surface area contributed by atoms with E-state index in [0.717, 1.165) is 0 Å². The van der Waals surface area contributed by atoms with Crippen molar-refractivity contribution in [2.45, 2.75) is 18.9 Å². The SMILES string of the molecule is N#Cc1ccc(Cl)cc1NC(=O)CN1CCC(NC(=O)Nc2ccc(F)cc2)CC1. The van der Waals surface area contributed by atoms with Crippen molar-refractivity contribution in [3.8, 4) is 6.07 Å². The molecule has 9 heteroatoms. The Morgan fingerprint density at radius 2 is 1.83 bits per heavy atom. The lowest BCUT2D eigenvalue weighted by atomic mass is 10.1. The van der Waals surface area contributed by atoms with Gasteiger partial charge in [-0.3, -0.25) is 9.69 Å². The predicted molar refractivity (Wildman–Crippen MR) is 113 cm³/mol. The molecule has 30 heavy (non-hydrogen) atoms. The van der Waals surface area contributed by atoms with Crippen molar-refractivity contribution in [3.63, 3.8) is 0 Å². The molecule has 0 saturated carbocycles. The summed E-state index contributed by atoms with van der Waals surface area (Å²) < 4.78 is 12.9. The molecule has 3 rings (SSSR count). The molecule has 7 nitrogen and oxygen atoms in total. The Morgan fingerprint density at radius 1 is 1.13 bits per heavy atom. The van der Waals surface area contributed by atoms with Crippen LogP contribution in [-0.2, 0) is 4.79 Å². The lowest BCUT2D eigenvalue weighted by Crippen LogP contribution is -2.47. The molecular formula is C21H21ClFN5O2. The summed E-state index contributed by atoms with van der Waals surface area (Å²) in [6.07, 6.45) is 1.40. The molecule has 1 fully saturated rings. The van der Waals surface area contributed by atoms with Crippen LogP contribution < -0.4 is 16.0 Å². The minimum absolute atomic E-state index is 0.0112. The Hall–Kier alpha value is -3.15. The van der Waals surface area contributed by atoms with E-state index in [1.807, 2.05) is 11.0 Å². The first-order valence-electron chi connectivity index (χ1n) is 9.48. The van der Waals surface area contributed by atoms with Gasteiger partial charge in [0, 0.05) is 29.8 Å². The third-order valence-electron chi connectivity index (χ3n) is 4.77. The average Bonchev–Trinajstić information content (AvgIpc) is 2.71. The summed E-state index contributed by atoms with van der Waals surface area (Å²) in [5, 5.41) is 17.9. The molecule has 2 aromatic rings. The van der Waals surface area contributed by atoms with E-state index >= 15 is 0 Å². The minimum Gasteiger partial charge on any atom is -0.335 e. The van der Waals surface area contributed by atoms with Crippen LogP contribution in [0.15, 0.2) is 42.5 Å². The van der Waals surface area contributed by atoms with Crippen LogP contribution in [0.5, 0.6) is 0 Å². The molecule has 1 heterocycles. The molecule has 0 aromatic heterocycles. The number of benzene rings is 2. The molecule has 3 amide bonds. The lowest BCUT2D eigenvalue weighted by Gasteiger charge is -2.31. The fourth-order valence-corrected chi connectivity index (χ4v) is 3.40. The molecular weight excluding hydrogens is 409 g/mol. The number of halogens is 2. The molecule has 0 aliphatic carbocycles. The minimum atomic E-state index is -0.364. The van der Waals surface area contributed by atoms with E-state index in [1.165, 1.54) is 24.3 Å². The lowest BCUT2D eigenvalue weighted by molar-refractivity contribution is -0.117. The number of nitrogens with zero attached hydrogens (tertiary/aromatic N) is 2. The molecule has 3 N–H and O–H groups in total. The van der Waals surface area contributed by atoms with Crippen LogP contribution in [0.3, 0.4) is 0 Å². The standard InChI is InChI=1S/C21H21ClFN5O2/c22-15-2-1-14(12-24)19(11-15)27-20(29)13-28-9-7-18(8-10-28)26-21(30)25-17-5-3-16(23)4-6-17/h1-6,11,18H,7-10,13H2,(H,27,29)(H2,25,26,30). The molecule has 1 saturated heterocycles. The van der Waals surface area contributed by atoms with E-state index in [2.05, 4.69) is 16.0 Å². The number of carbonyl (C=O) groups is 2. The van der Waals surface area contributed by atoms with Crippen molar-refractivity contribution < 1.29 is 14.0 Å². The number of nitrogens with one attached hydrogen (secondary N) is 3. The van der Waals surface area contributed by atoms with E-state index in [0.29, 0.717) is 47.9 Å². The maximum atomic E-state index is 12.9. The highest BCUT2D eigenvalue weighted by atomic mass is 35.5. The Balaban J connectivity index is 1.42. The number of anilines is 2. The number of urea groups is 1. The molecule has 2 aromatic carbocycles. The van der Waals surface area contributed by atoms with Crippen LogP contribution >= 0.6 is 11.6 Å². The van der Waals surface area contributed by atoms with Gasteiger partial charge in [-0.15, -0.1) is 0 Å². The van der Waals surface area contributed by atoms with Crippen LogP contribution in [-0.4, -0.2) is 42.5 Å². The van der Waals surface area contributed by atoms with Crippen LogP contribution in [0, 0.1) is 17.1 Å². The van der Waals surface area contributed by atoms with Gasteiger partial charge in [-0.2, -0.15) is 5.26 Å². The Bertz CT molecular complexity index is 953. The first-order chi connectivity index (χ1) is 14.4. The van der Waals surface area contributed by atoms with Gasteiger partial charge in [0.1, 0.15) is 11.9 Å². The fraction of sp³-hybridized carbons (Fsp3) is 0.286. The Morgan fingerprint density at radius 3 is 2.50 bits per heavy atom. The molecule has 0 atom stereocenters. The maximum Gasteiger partial charge on any atom is 0.319 e. The third kappa shape index (κ3) is 6.17. The van der Waals surface area contributed by atoms with Crippen molar-refractivity contribution >= 4 is 34.9 Å². The van der Waals surface area contributed by atoms with Gasteiger partial charge in [0.25, 0.3) is 0 Å². The highest BCUT2D eigenvalue weighted by Crippen LogP contribution is 2.20. The van der Waals surface area contributed by atoms with Gasteiger partial charge in [0.15, 0.2) is 0 Å². The van der Waals surface area contributed by atoms with Gasteiger partial charge in [-0.1, -0.05) is 11.6 Å². The number of hydrogen-bond acceptors (Lipinski definition) is 4. The summed E-state index contributed by atoms with van der Waals surface area (Å²) in [7, 11) is 0. The maximum absolute atomic E-state index is 12.9. The van der Waals surface area contributed by atoms with Crippen LogP contribution in [0.25, 0.3) is 0 Å². The fourth-order valence-electron chi connectivity index (χ4n) is 3.23. The second-order valence-corrected chi connectivity index (χ2v) is 7.44. The van der Waals surface area contributed by atoms with Gasteiger partial charge in [0.2, 0.25) is 5.91 Å². The first-order valence-corrected chi connectivity index (χ1v) is 9.85. The van der Waals surface area contributed by atoms with Gasteiger partial charge < -0.3 is 16.0 Å². The van der Waals surface area contributed by atoms with Crippen LogP contribution in [0.4, 0.5) is 20.6 Å². The van der Waals surface area contributed by atoms with Crippen molar-refractivity contribution in [1.29, 1.82) is 5.26 Å². The van der Waals surface area contributed by atoms with Gasteiger partial charge in [-0.25, -0.2) is 9.18 Å². The smallest absolute Gasteiger partial charge is 0.319 e. The number of hydrogen-bond donors (Lipinski definition) is 3. The summed E-state index contributed by atoms with van der Waals surface area (Å²) in [5.41, 5.74) is 1.26. The van der Waals surface area contributed by atoms with Crippen LogP contribution in [0.2, 0.25) is 5.02 Å². The van der Waals surface area contributed by atoms with Crippen molar-refractivity contribution in [3.05, 3.63) is 58.9 Å². The second kappa shape index (κ2) is 10.1. The number of amides is 3. The quantitative estimate of drug-likeness (QED) is 0.676. The summed E-state index contributed by atoms with van der Waals surface area (Å²) >= 11 is 5.94. The van der Waals surface area contributed by atoms with Crippen molar-refractivity contribution in [2.24, 2.45) is 0 Å². The molecule has 1 aliphatic heterocycles. The largest absolute Gasteiger partial charge is 0.335 e. The van der Waals surface area contributed by atoms with Crippen LogP contribution in [0.1, 0.15) is 18.4 Å². The van der Waals surface area contributed by atoms with E-state index in [4.69, 9.17) is 16.9 Å². The highest BCUT2D eigenvalue weighted by Gasteiger charge is 2.22. The van der Waals surface area contributed by atoms with Gasteiger partial charge >= 0.3 is 6.03 Å². The van der Waals surface area contributed by atoms with Crippen molar-refractivity contribution in [1.82, 2.24) is 10.2 Å². The Labute approximate surface area is 178 Å². The summed E-state index contributed by atoms with van der Waals surface area (Å²) in [5.74, 6) is -0.592. The zero-order valence-electron chi connectivity index (χ0n) is 16.1.